The van der Waals surface area contributed by atoms with Crippen molar-refractivity contribution in [3.8, 4) is 5.75 Å². The van der Waals surface area contributed by atoms with Crippen LogP contribution >= 0.6 is 0 Å². The van der Waals surface area contributed by atoms with Gasteiger partial charge in [-0.1, -0.05) is 44.9 Å². The topological polar surface area (TPSA) is 64.4 Å². The van der Waals surface area contributed by atoms with Crippen LogP contribution in [0.25, 0.3) is 0 Å². The van der Waals surface area contributed by atoms with E-state index in [1.807, 2.05) is 6.07 Å². The molecule has 5 heteroatoms. The van der Waals surface area contributed by atoms with E-state index in [2.05, 4.69) is 37.4 Å². The predicted molar refractivity (Wildman–Crippen MR) is 114 cm³/mol. The third-order valence-corrected chi connectivity index (χ3v) is 4.75. The molecule has 5 nitrogen and oxygen atoms in total. The van der Waals surface area contributed by atoms with Gasteiger partial charge in [0, 0.05) is 12.1 Å². The first-order valence-corrected chi connectivity index (χ1v) is 10.3. The van der Waals surface area contributed by atoms with E-state index in [1.54, 1.807) is 12.1 Å². The lowest BCUT2D eigenvalue weighted by atomic mass is 10.00. The summed E-state index contributed by atoms with van der Waals surface area (Å²) in [5, 5.41) is 14.3. The largest absolute Gasteiger partial charge is 0.494 e. The molecule has 0 aliphatic rings. The van der Waals surface area contributed by atoms with Crippen LogP contribution in [0.2, 0.25) is 0 Å². The van der Waals surface area contributed by atoms with Gasteiger partial charge in [-0.05, 0) is 67.6 Å². The second-order valence-electron chi connectivity index (χ2n) is 7.06. The first-order valence-electron chi connectivity index (χ1n) is 10.3. The van der Waals surface area contributed by atoms with Crippen LogP contribution in [-0.4, -0.2) is 24.6 Å². The Bertz CT molecular complexity index is 746. The molecule has 2 rings (SSSR count). The Hall–Kier alpha value is -2.40. The first kappa shape index (κ1) is 21.9. The zero-order valence-corrected chi connectivity index (χ0v) is 17.1. The summed E-state index contributed by atoms with van der Waals surface area (Å²) in [6.45, 7) is 6.84. The number of rotatable bonds is 13. The monoisotopic (exact) mass is 384 g/mol. The summed E-state index contributed by atoms with van der Waals surface area (Å²) in [5.74, 6) is 0.972. The van der Waals surface area contributed by atoms with Gasteiger partial charge in [0.1, 0.15) is 5.75 Å². The Labute approximate surface area is 168 Å². The molecule has 2 aromatic rings. The van der Waals surface area contributed by atoms with E-state index in [-0.39, 0.29) is 10.6 Å². The van der Waals surface area contributed by atoms with Gasteiger partial charge in [0.25, 0.3) is 5.69 Å². The van der Waals surface area contributed by atoms with Crippen LogP contribution in [0.1, 0.15) is 49.8 Å². The molecule has 0 unspecified atom stereocenters. The zero-order chi connectivity index (χ0) is 20.2. The summed E-state index contributed by atoms with van der Waals surface area (Å²) in [5.41, 5.74) is 3.88. The van der Waals surface area contributed by atoms with E-state index in [9.17, 15) is 10.1 Å². The Morgan fingerprint density at radius 1 is 0.964 bits per heavy atom. The van der Waals surface area contributed by atoms with Crippen molar-refractivity contribution >= 4 is 5.69 Å². The Morgan fingerprint density at radius 3 is 2.54 bits per heavy atom. The van der Waals surface area contributed by atoms with E-state index in [4.69, 9.17) is 4.74 Å². The molecule has 0 radical (unpaired) electrons. The molecule has 0 aliphatic carbocycles. The number of nitrogens with one attached hydrogen (secondary N) is 1. The standard InChI is InChI=1S/C23H32N2O3/c1-3-5-16-28-23-11-10-20(21(18-23)7-4-2)13-15-24-14-12-19-8-6-9-22(17-19)25(26)27/h6,8-11,17-18,24H,3-5,7,12-16H2,1-2H3. The fourth-order valence-electron chi connectivity index (χ4n) is 3.18. The van der Waals surface area contributed by atoms with Crippen molar-refractivity contribution in [3.63, 3.8) is 0 Å². The maximum Gasteiger partial charge on any atom is 0.269 e. The number of ether oxygens (including phenoxy) is 1. The van der Waals surface area contributed by atoms with Crippen LogP contribution in [0, 0.1) is 10.1 Å². The van der Waals surface area contributed by atoms with Crippen LogP contribution in [0.15, 0.2) is 42.5 Å². The summed E-state index contributed by atoms with van der Waals surface area (Å²) in [6, 6.07) is 13.3. The number of benzene rings is 2. The van der Waals surface area contributed by atoms with Crippen molar-refractivity contribution < 1.29 is 9.66 Å². The molecule has 0 aromatic heterocycles. The molecular weight excluding hydrogens is 352 g/mol. The molecule has 28 heavy (non-hydrogen) atoms. The number of non-ortho nitro benzene ring substituents is 1. The minimum atomic E-state index is -0.345. The predicted octanol–water partition coefficient (Wildman–Crippen LogP) is 5.10. The van der Waals surface area contributed by atoms with Gasteiger partial charge < -0.3 is 10.1 Å². The molecule has 0 heterocycles. The van der Waals surface area contributed by atoms with Crippen LogP contribution in [0.4, 0.5) is 5.69 Å². The van der Waals surface area contributed by atoms with Gasteiger partial charge >= 0.3 is 0 Å². The lowest BCUT2D eigenvalue weighted by Gasteiger charge is -2.13. The minimum Gasteiger partial charge on any atom is -0.494 e. The highest BCUT2D eigenvalue weighted by molar-refractivity contribution is 5.36. The van der Waals surface area contributed by atoms with Crippen molar-refractivity contribution in [1.29, 1.82) is 0 Å². The fourth-order valence-corrected chi connectivity index (χ4v) is 3.18. The average Bonchev–Trinajstić information content (AvgIpc) is 2.70. The van der Waals surface area contributed by atoms with Crippen LogP contribution in [0.5, 0.6) is 5.75 Å². The molecule has 0 bridgehead atoms. The van der Waals surface area contributed by atoms with E-state index < -0.39 is 0 Å². The number of hydrogen-bond acceptors (Lipinski definition) is 4. The first-order chi connectivity index (χ1) is 13.6. The average molecular weight is 385 g/mol. The number of unbranched alkanes of at least 4 members (excludes halogenated alkanes) is 1. The smallest absolute Gasteiger partial charge is 0.269 e. The summed E-state index contributed by atoms with van der Waals surface area (Å²) in [7, 11) is 0. The van der Waals surface area contributed by atoms with E-state index >= 15 is 0 Å². The van der Waals surface area contributed by atoms with Crippen LogP contribution in [0.3, 0.4) is 0 Å². The fraction of sp³-hybridized carbons (Fsp3) is 0.478. The molecule has 1 N–H and O–H groups in total. The lowest BCUT2D eigenvalue weighted by molar-refractivity contribution is -0.384. The van der Waals surface area contributed by atoms with Crippen molar-refractivity contribution in [1.82, 2.24) is 5.32 Å². The van der Waals surface area contributed by atoms with Crippen LogP contribution in [-0.2, 0) is 19.3 Å². The van der Waals surface area contributed by atoms with Crippen LogP contribution < -0.4 is 10.1 Å². The van der Waals surface area contributed by atoms with Gasteiger partial charge in [-0.3, -0.25) is 10.1 Å². The third-order valence-electron chi connectivity index (χ3n) is 4.75. The molecule has 0 saturated heterocycles. The molecule has 0 fully saturated rings. The summed E-state index contributed by atoms with van der Waals surface area (Å²) in [4.78, 5) is 10.5. The van der Waals surface area contributed by atoms with Crippen molar-refractivity contribution in [3.05, 3.63) is 69.3 Å². The van der Waals surface area contributed by atoms with Gasteiger partial charge in [-0.15, -0.1) is 0 Å². The van der Waals surface area contributed by atoms with Crippen molar-refractivity contribution in [2.75, 3.05) is 19.7 Å². The molecule has 0 aliphatic heterocycles. The van der Waals surface area contributed by atoms with Gasteiger partial charge in [0.05, 0.1) is 11.5 Å². The SMILES string of the molecule is CCCCOc1ccc(CCNCCc2cccc([N+](=O)[O-])c2)c(CCC)c1. The quantitative estimate of drug-likeness (QED) is 0.296. The second kappa shape index (κ2) is 12.1. The minimum absolute atomic E-state index is 0.156. The molecule has 0 atom stereocenters. The second-order valence-corrected chi connectivity index (χ2v) is 7.06. The molecule has 0 saturated carbocycles. The molecule has 152 valence electrons. The molecular formula is C23H32N2O3. The van der Waals surface area contributed by atoms with Gasteiger partial charge in [-0.2, -0.15) is 0 Å². The normalized spacial score (nSPS) is 10.8. The number of hydrogen-bond donors (Lipinski definition) is 1. The molecule has 0 spiro atoms. The van der Waals surface area contributed by atoms with Gasteiger partial charge in [0.15, 0.2) is 0 Å². The van der Waals surface area contributed by atoms with Gasteiger partial charge in [-0.25, -0.2) is 0 Å². The Morgan fingerprint density at radius 2 is 1.79 bits per heavy atom. The van der Waals surface area contributed by atoms with Crippen molar-refractivity contribution in [2.24, 2.45) is 0 Å². The maximum atomic E-state index is 10.8. The number of nitrogens with zero attached hydrogens (tertiary/aromatic N) is 1. The zero-order valence-electron chi connectivity index (χ0n) is 17.1. The lowest BCUT2D eigenvalue weighted by Crippen LogP contribution is -2.20. The number of nitro groups is 1. The third kappa shape index (κ3) is 7.31. The highest BCUT2D eigenvalue weighted by Gasteiger charge is 2.06. The Kier molecular flexibility index (Phi) is 9.49. The maximum absolute atomic E-state index is 10.8. The molecule has 0 amide bonds. The number of nitro benzene ring substituents is 1. The summed E-state index contributed by atoms with van der Waals surface area (Å²) < 4.78 is 5.84. The molecule has 2 aromatic carbocycles. The summed E-state index contributed by atoms with van der Waals surface area (Å²) in [6.07, 6.45) is 6.16. The number of aryl methyl sites for hydroxylation is 1. The van der Waals surface area contributed by atoms with E-state index in [0.717, 1.165) is 69.5 Å². The Balaban J connectivity index is 1.81. The van der Waals surface area contributed by atoms with E-state index in [1.165, 1.54) is 17.2 Å². The van der Waals surface area contributed by atoms with Gasteiger partial charge in [0.2, 0.25) is 0 Å². The highest BCUT2D eigenvalue weighted by atomic mass is 16.6. The highest BCUT2D eigenvalue weighted by Crippen LogP contribution is 2.20. The van der Waals surface area contributed by atoms with E-state index in [0.29, 0.717) is 0 Å². The van der Waals surface area contributed by atoms with Crippen molar-refractivity contribution in [2.45, 2.75) is 52.4 Å². The summed E-state index contributed by atoms with van der Waals surface area (Å²) >= 11 is 0.